The second kappa shape index (κ2) is 5.75. The predicted octanol–water partition coefficient (Wildman–Crippen LogP) is 2.27. The number of rotatable bonds is 3. The number of aromatic nitrogens is 2. The van der Waals surface area contributed by atoms with Crippen molar-refractivity contribution in [2.75, 3.05) is 0 Å². The number of amides is 1. The summed E-state index contributed by atoms with van der Waals surface area (Å²) in [5, 5.41) is 15.7. The summed E-state index contributed by atoms with van der Waals surface area (Å²) in [6.45, 7) is 5.08. The van der Waals surface area contributed by atoms with Crippen molar-refractivity contribution in [2.24, 2.45) is 0 Å². The molecular weight excluding hydrogens is 271 g/mol. The number of hydrogen-bond donors (Lipinski definition) is 1. The number of nitrogens with zero attached hydrogens (tertiary/aromatic N) is 3. The number of carbonyl (C=O) groups is 1. The maximum Gasteiger partial charge on any atom is 0.256 e. The van der Waals surface area contributed by atoms with Crippen molar-refractivity contribution in [1.82, 2.24) is 15.1 Å². The van der Waals surface area contributed by atoms with E-state index in [0.29, 0.717) is 22.6 Å². The van der Waals surface area contributed by atoms with Gasteiger partial charge in [-0.3, -0.25) is 4.79 Å². The van der Waals surface area contributed by atoms with Crippen LogP contribution in [0.4, 0.5) is 4.39 Å². The van der Waals surface area contributed by atoms with Crippen LogP contribution in [-0.2, 0) is 0 Å². The van der Waals surface area contributed by atoms with Crippen LogP contribution in [0.2, 0.25) is 0 Å². The van der Waals surface area contributed by atoms with E-state index in [4.69, 9.17) is 5.26 Å². The van der Waals surface area contributed by atoms with E-state index in [-0.39, 0.29) is 11.7 Å². The van der Waals surface area contributed by atoms with Gasteiger partial charge in [0.1, 0.15) is 11.9 Å². The van der Waals surface area contributed by atoms with Crippen LogP contribution in [0.1, 0.15) is 28.7 Å². The lowest BCUT2D eigenvalue weighted by atomic mass is 10.1. The SMILES string of the molecule is Cc1nn(-c2ccc(F)cc2)c(C)c1C(=O)NC(C)C#N. The summed E-state index contributed by atoms with van der Waals surface area (Å²) in [5.74, 6) is -0.673. The van der Waals surface area contributed by atoms with E-state index in [9.17, 15) is 9.18 Å². The van der Waals surface area contributed by atoms with Crippen LogP contribution in [0.15, 0.2) is 24.3 Å². The number of carbonyl (C=O) groups excluding carboxylic acids is 1. The molecule has 0 aliphatic carbocycles. The number of halogens is 1. The minimum atomic E-state index is -0.578. The van der Waals surface area contributed by atoms with E-state index in [2.05, 4.69) is 10.4 Å². The summed E-state index contributed by atoms with van der Waals surface area (Å²) in [5.41, 5.74) is 2.30. The normalized spacial score (nSPS) is 11.8. The first-order chi connectivity index (χ1) is 9.93. The first-order valence-electron chi connectivity index (χ1n) is 6.46. The highest BCUT2D eigenvalue weighted by Gasteiger charge is 2.20. The number of hydrogen-bond acceptors (Lipinski definition) is 3. The highest BCUT2D eigenvalue weighted by Crippen LogP contribution is 2.18. The summed E-state index contributed by atoms with van der Waals surface area (Å²) >= 11 is 0. The summed E-state index contributed by atoms with van der Waals surface area (Å²) in [6, 6.07) is 7.23. The van der Waals surface area contributed by atoms with Crippen LogP contribution in [-0.4, -0.2) is 21.7 Å². The van der Waals surface area contributed by atoms with Gasteiger partial charge in [0.25, 0.3) is 5.91 Å². The van der Waals surface area contributed by atoms with Crippen molar-refractivity contribution in [3.63, 3.8) is 0 Å². The number of nitriles is 1. The fourth-order valence-electron chi connectivity index (χ4n) is 2.11. The lowest BCUT2D eigenvalue weighted by Gasteiger charge is -2.07. The van der Waals surface area contributed by atoms with Gasteiger partial charge in [-0.25, -0.2) is 9.07 Å². The second-order valence-corrected chi connectivity index (χ2v) is 4.76. The zero-order valence-corrected chi connectivity index (χ0v) is 12.0. The molecule has 0 saturated carbocycles. The van der Waals surface area contributed by atoms with Crippen LogP contribution in [0.3, 0.4) is 0 Å². The Hall–Kier alpha value is -2.68. The monoisotopic (exact) mass is 286 g/mol. The molecule has 2 rings (SSSR count). The smallest absolute Gasteiger partial charge is 0.256 e. The lowest BCUT2D eigenvalue weighted by Crippen LogP contribution is -2.32. The Morgan fingerprint density at radius 3 is 2.57 bits per heavy atom. The molecule has 0 saturated heterocycles. The highest BCUT2D eigenvalue weighted by atomic mass is 19.1. The Balaban J connectivity index is 2.40. The summed E-state index contributed by atoms with van der Waals surface area (Å²) in [6.07, 6.45) is 0. The molecule has 108 valence electrons. The van der Waals surface area contributed by atoms with Gasteiger partial charge in [-0.1, -0.05) is 0 Å². The molecule has 1 unspecified atom stereocenters. The zero-order valence-electron chi connectivity index (χ0n) is 12.0. The molecule has 2 aromatic rings. The van der Waals surface area contributed by atoms with Gasteiger partial charge in [-0.05, 0) is 45.0 Å². The molecule has 0 bridgehead atoms. The van der Waals surface area contributed by atoms with Gasteiger partial charge in [0.05, 0.1) is 28.7 Å². The third-order valence-electron chi connectivity index (χ3n) is 3.13. The van der Waals surface area contributed by atoms with Gasteiger partial charge in [-0.2, -0.15) is 10.4 Å². The van der Waals surface area contributed by atoms with Crippen molar-refractivity contribution < 1.29 is 9.18 Å². The molecule has 5 nitrogen and oxygen atoms in total. The standard InChI is InChI=1S/C15H15FN4O/c1-9(8-17)18-15(21)14-10(2)19-20(11(14)3)13-6-4-12(16)5-7-13/h4-7,9H,1-3H3,(H,18,21). The van der Waals surface area contributed by atoms with Gasteiger partial charge in [0.2, 0.25) is 0 Å². The molecule has 1 aromatic heterocycles. The first-order valence-corrected chi connectivity index (χ1v) is 6.46. The lowest BCUT2D eigenvalue weighted by molar-refractivity contribution is 0.0946. The second-order valence-electron chi connectivity index (χ2n) is 4.76. The first kappa shape index (κ1) is 14.7. The molecule has 21 heavy (non-hydrogen) atoms. The summed E-state index contributed by atoms with van der Waals surface area (Å²) < 4.78 is 14.6. The average molecular weight is 286 g/mol. The van der Waals surface area contributed by atoms with E-state index in [1.165, 1.54) is 12.1 Å². The van der Waals surface area contributed by atoms with E-state index in [1.54, 1.807) is 37.6 Å². The van der Waals surface area contributed by atoms with Crippen LogP contribution < -0.4 is 5.32 Å². The Bertz CT molecular complexity index is 713. The van der Waals surface area contributed by atoms with Gasteiger partial charge < -0.3 is 5.32 Å². The molecule has 1 N–H and O–H groups in total. The third-order valence-corrected chi connectivity index (χ3v) is 3.13. The fraction of sp³-hybridized carbons (Fsp3) is 0.267. The molecule has 0 aliphatic rings. The van der Waals surface area contributed by atoms with Crippen molar-refractivity contribution >= 4 is 5.91 Å². The van der Waals surface area contributed by atoms with Gasteiger partial charge in [-0.15, -0.1) is 0 Å². The number of benzene rings is 1. The molecule has 0 fully saturated rings. The van der Waals surface area contributed by atoms with Crippen LogP contribution >= 0.6 is 0 Å². The Labute approximate surface area is 122 Å². The highest BCUT2D eigenvalue weighted by molar-refractivity contribution is 5.96. The molecular formula is C15H15FN4O. The van der Waals surface area contributed by atoms with Gasteiger partial charge in [0, 0.05) is 0 Å². The van der Waals surface area contributed by atoms with Gasteiger partial charge >= 0.3 is 0 Å². The van der Waals surface area contributed by atoms with Crippen LogP contribution in [0.5, 0.6) is 0 Å². The molecule has 1 atom stereocenters. The molecule has 1 heterocycles. The minimum Gasteiger partial charge on any atom is -0.336 e. The molecule has 1 amide bonds. The molecule has 1 aromatic carbocycles. The van der Waals surface area contributed by atoms with Crippen LogP contribution in [0.25, 0.3) is 5.69 Å². The Morgan fingerprint density at radius 1 is 1.38 bits per heavy atom. The summed E-state index contributed by atoms with van der Waals surface area (Å²) in [4.78, 5) is 12.2. The predicted molar refractivity (Wildman–Crippen MR) is 75.5 cm³/mol. The van der Waals surface area contributed by atoms with Crippen molar-refractivity contribution in [3.05, 3.63) is 47.0 Å². The van der Waals surface area contributed by atoms with Gasteiger partial charge in [0.15, 0.2) is 0 Å². The Kier molecular flexibility index (Phi) is 4.03. The van der Waals surface area contributed by atoms with Crippen molar-refractivity contribution in [2.45, 2.75) is 26.8 Å². The molecule has 0 radical (unpaired) electrons. The minimum absolute atomic E-state index is 0.332. The molecule has 0 aliphatic heterocycles. The fourth-order valence-corrected chi connectivity index (χ4v) is 2.11. The number of aryl methyl sites for hydroxylation is 1. The quantitative estimate of drug-likeness (QED) is 0.941. The van der Waals surface area contributed by atoms with E-state index >= 15 is 0 Å². The maximum absolute atomic E-state index is 13.0. The van der Waals surface area contributed by atoms with Crippen molar-refractivity contribution in [3.8, 4) is 11.8 Å². The molecule has 6 heteroatoms. The molecule has 0 spiro atoms. The largest absolute Gasteiger partial charge is 0.336 e. The van der Waals surface area contributed by atoms with Crippen molar-refractivity contribution in [1.29, 1.82) is 5.26 Å². The van der Waals surface area contributed by atoms with Crippen LogP contribution in [0, 0.1) is 31.0 Å². The summed E-state index contributed by atoms with van der Waals surface area (Å²) in [7, 11) is 0. The number of nitrogens with one attached hydrogen (secondary N) is 1. The van der Waals surface area contributed by atoms with E-state index in [1.807, 2.05) is 6.07 Å². The van der Waals surface area contributed by atoms with E-state index in [0.717, 1.165) is 0 Å². The third kappa shape index (κ3) is 2.92. The maximum atomic E-state index is 13.0. The zero-order chi connectivity index (χ0) is 15.6. The van der Waals surface area contributed by atoms with E-state index < -0.39 is 6.04 Å². The average Bonchev–Trinajstić information content (AvgIpc) is 2.74. The topological polar surface area (TPSA) is 70.7 Å². The Morgan fingerprint density at radius 2 is 2.00 bits per heavy atom.